The van der Waals surface area contributed by atoms with Crippen LogP contribution in [0.3, 0.4) is 0 Å². The molecule has 2 rings (SSSR count). The predicted molar refractivity (Wildman–Crippen MR) is 74.2 cm³/mol. The van der Waals surface area contributed by atoms with E-state index in [2.05, 4.69) is 5.32 Å². The van der Waals surface area contributed by atoms with Crippen molar-refractivity contribution >= 4 is 0 Å². The van der Waals surface area contributed by atoms with Crippen LogP contribution in [0.5, 0.6) is 0 Å². The smallest absolute Gasteiger partial charge is 0.127 e. The van der Waals surface area contributed by atoms with E-state index in [0.29, 0.717) is 11.1 Å². The van der Waals surface area contributed by atoms with Crippen LogP contribution >= 0.6 is 0 Å². The van der Waals surface area contributed by atoms with Gasteiger partial charge >= 0.3 is 0 Å². The molecule has 0 aromatic heterocycles. The maximum atomic E-state index is 13.6. The summed E-state index contributed by atoms with van der Waals surface area (Å²) in [6, 6.07) is 12.1. The third-order valence-corrected chi connectivity index (χ3v) is 3.22. The Hall–Kier alpha value is -1.78. The van der Waals surface area contributed by atoms with Crippen LogP contribution in [0.1, 0.15) is 30.2 Å². The van der Waals surface area contributed by atoms with E-state index < -0.39 is 6.10 Å². The maximum Gasteiger partial charge on any atom is 0.127 e. The van der Waals surface area contributed by atoms with Gasteiger partial charge in [-0.2, -0.15) is 0 Å². The van der Waals surface area contributed by atoms with Gasteiger partial charge in [-0.3, -0.25) is 0 Å². The zero-order valence-corrected chi connectivity index (χ0v) is 11.2. The minimum Gasteiger partial charge on any atom is -0.387 e. The number of aliphatic hydroxyl groups is 1. The lowest BCUT2D eigenvalue weighted by molar-refractivity contribution is 0.170. The molecule has 0 heterocycles. The monoisotopic (exact) mass is 277 g/mol. The summed E-state index contributed by atoms with van der Waals surface area (Å²) in [5.74, 6) is -0.670. The minimum absolute atomic E-state index is 0.221. The number of aliphatic hydroxyl groups excluding tert-OH is 1. The van der Waals surface area contributed by atoms with E-state index >= 15 is 0 Å². The van der Waals surface area contributed by atoms with Crippen molar-refractivity contribution in [2.24, 2.45) is 0 Å². The lowest BCUT2D eigenvalue weighted by Gasteiger charge is -2.18. The molecule has 2 nitrogen and oxygen atoms in total. The normalized spacial score (nSPS) is 14.0. The van der Waals surface area contributed by atoms with Crippen molar-refractivity contribution in [1.29, 1.82) is 0 Å². The molecule has 0 aliphatic carbocycles. The van der Waals surface area contributed by atoms with E-state index in [0.717, 1.165) is 0 Å². The van der Waals surface area contributed by atoms with Gasteiger partial charge in [0.2, 0.25) is 0 Å². The van der Waals surface area contributed by atoms with Gasteiger partial charge in [-0.15, -0.1) is 0 Å². The molecule has 2 aromatic carbocycles. The molecule has 0 fully saturated rings. The highest BCUT2D eigenvalue weighted by atomic mass is 19.1. The molecule has 0 aliphatic heterocycles. The topological polar surface area (TPSA) is 32.3 Å². The number of nitrogens with one attached hydrogen (secondary N) is 1. The molecule has 0 saturated carbocycles. The second-order valence-corrected chi connectivity index (χ2v) is 4.72. The molecule has 0 spiro atoms. The van der Waals surface area contributed by atoms with Gasteiger partial charge in [-0.1, -0.05) is 30.3 Å². The average molecular weight is 277 g/mol. The van der Waals surface area contributed by atoms with Gasteiger partial charge in [-0.25, -0.2) is 8.78 Å². The van der Waals surface area contributed by atoms with Gasteiger partial charge in [0.1, 0.15) is 11.6 Å². The van der Waals surface area contributed by atoms with Crippen molar-refractivity contribution in [3.05, 3.63) is 71.3 Å². The standard InChI is InChI=1S/C16H17F2NO/c1-11(14-7-2-3-8-15(14)18)19-10-16(20)12-5-4-6-13(17)9-12/h2-9,11,16,19-20H,10H2,1H3. The van der Waals surface area contributed by atoms with Crippen LogP contribution < -0.4 is 5.32 Å². The molecular formula is C16H17F2NO. The Morgan fingerprint density at radius 3 is 2.55 bits per heavy atom. The molecule has 4 heteroatoms. The number of rotatable bonds is 5. The molecule has 0 aliphatic rings. The Balaban J connectivity index is 1.97. The van der Waals surface area contributed by atoms with Crippen molar-refractivity contribution < 1.29 is 13.9 Å². The van der Waals surface area contributed by atoms with Crippen LogP contribution in [-0.2, 0) is 0 Å². The number of hydrogen-bond donors (Lipinski definition) is 2. The van der Waals surface area contributed by atoms with Gasteiger partial charge in [0.05, 0.1) is 6.10 Å². The van der Waals surface area contributed by atoms with Crippen LogP contribution in [0, 0.1) is 11.6 Å². The summed E-state index contributed by atoms with van der Waals surface area (Å²) < 4.78 is 26.7. The molecule has 0 bridgehead atoms. The van der Waals surface area contributed by atoms with Gasteiger partial charge in [0.25, 0.3) is 0 Å². The number of hydrogen-bond acceptors (Lipinski definition) is 2. The third-order valence-electron chi connectivity index (χ3n) is 3.22. The second-order valence-electron chi connectivity index (χ2n) is 4.72. The first-order valence-electron chi connectivity index (χ1n) is 6.49. The summed E-state index contributed by atoms with van der Waals surface area (Å²) in [7, 11) is 0. The molecule has 0 amide bonds. The van der Waals surface area contributed by atoms with Crippen molar-refractivity contribution in [3.63, 3.8) is 0 Å². The molecule has 106 valence electrons. The summed E-state index contributed by atoms with van der Waals surface area (Å²) in [6.07, 6.45) is -0.833. The van der Waals surface area contributed by atoms with Crippen molar-refractivity contribution in [2.45, 2.75) is 19.1 Å². The molecule has 2 N–H and O–H groups in total. The first kappa shape index (κ1) is 14.6. The zero-order valence-electron chi connectivity index (χ0n) is 11.2. The number of benzene rings is 2. The third kappa shape index (κ3) is 3.62. The van der Waals surface area contributed by atoms with E-state index in [9.17, 15) is 13.9 Å². The Labute approximate surface area is 117 Å². The zero-order chi connectivity index (χ0) is 14.5. The first-order valence-corrected chi connectivity index (χ1v) is 6.49. The summed E-state index contributed by atoms with van der Waals surface area (Å²) in [5.41, 5.74) is 1.04. The van der Waals surface area contributed by atoms with Crippen LogP contribution in [-0.4, -0.2) is 11.7 Å². The summed E-state index contributed by atoms with van der Waals surface area (Å²) >= 11 is 0. The maximum absolute atomic E-state index is 13.6. The van der Waals surface area contributed by atoms with Crippen molar-refractivity contribution in [2.75, 3.05) is 6.54 Å². The van der Waals surface area contributed by atoms with Crippen molar-refractivity contribution in [1.82, 2.24) is 5.32 Å². The Morgan fingerprint density at radius 1 is 1.10 bits per heavy atom. The summed E-state index contributed by atoms with van der Waals surface area (Å²) in [4.78, 5) is 0. The van der Waals surface area contributed by atoms with E-state index in [-0.39, 0.29) is 24.2 Å². The van der Waals surface area contributed by atoms with Gasteiger partial charge in [-0.05, 0) is 30.7 Å². The predicted octanol–water partition coefficient (Wildman–Crippen LogP) is 3.35. The van der Waals surface area contributed by atoms with E-state index in [1.807, 2.05) is 6.92 Å². The summed E-state index contributed by atoms with van der Waals surface area (Å²) in [6.45, 7) is 2.04. The SMILES string of the molecule is CC(NCC(O)c1cccc(F)c1)c1ccccc1F. The van der Waals surface area contributed by atoms with Crippen molar-refractivity contribution in [3.8, 4) is 0 Å². The average Bonchev–Trinajstić information content (AvgIpc) is 2.45. The van der Waals surface area contributed by atoms with Crippen LogP contribution in [0.2, 0.25) is 0 Å². The minimum atomic E-state index is -0.833. The molecule has 20 heavy (non-hydrogen) atoms. The van der Waals surface area contributed by atoms with Crippen LogP contribution in [0.25, 0.3) is 0 Å². The lowest BCUT2D eigenvalue weighted by Crippen LogP contribution is -2.25. The van der Waals surface area contributed by atoms with Crippen LogP contribution in [0.15, 0.2) is 48.5 Å². The highest BCUT2D eigenvalue weighted by molar-refractivity contribution is 5.21. The molecule has 2 unspecified atom stereocenters. The highest BCUT2D eigenvalue weighted by Gasteiger charge is 2.13. The fourth-order valence-electron chi connectivity index (χ4n) is 2.06. The fraction of sp³-hybridized carbons (Fsp3) is 0.250. The first-order chi connectivity index (χ1) is 9.58. The Kier molecular flexibility index (Phi) is 4.82. The Bertz CT molecular complexity index is 574. The lowest BCUT2D eigenvalue weighted by atomic mass is 10.1. The Morgan fingerprint density at radius 2 is 1.85 bits per heavy atom. The van der Waals surface area contributed by atoms with E-state index in [1.54, 1.807) is 30.3 Å². The van der Waals surface area contributed by atoms with Gasteiger partial charge in [0, 0.05) is 18.2 Å². The molecular weight excluding hydrogens is 260 g/mol. The quantitative estimate of drug-likeness (QED) is 0.878. The fourth-order valence-corrected chi connectivity index (χ4v) is 2.06. The molecule has 0 saturated heterocycles. The molecule has 0 radical (unpaired) electrons. The highest BCUT2D eigenvalue weighted by Crippen LogP contribution is 2.18. The van der Waals surface area contributed by atoms with Gasteiger partial charge in [0.15, 0.2) is 0 Å². The second kappa shape index (κ2) is 6.59. The molecule has 2 aromatic rings. The van der Waals surface area contributed by atoms with E-state index in [4.69, 9.17) is 0 Å². The number of halogens is 2. The summed E-state index contributed by atoms with van der Waals surface area (Å²) in [5, 5.41) is 13.0. The van der Waals surface area contributed by atoms with E-state index in [1.165, 1.54) is 18.2 Å². The largest absolute Gasteiger partial charge is 0.387 e. The van der Waals surface area contributed by atoms with Gasteiger partial charge < -0.3 is 10.4 Å². The molecule has 2 atom stereocenters. The van der Waals surface area contributed by atoms with Crippen LogP contribution in [0.4, 0.5) is 8.78 Å².